The highest BCUT2D eigenvalue weighted by Crippen LogP contribution is 2.20. The molecular weight excluding hydrogens is 244 g/mol. The molecule has 1 fully saturated rings. The second-order valence-corrected chi connectivity index (χ2v) is 5.26. The second kappa shape index (κ2) is 5.61. The van der Waals surface area contributed by atoms with Crippen molar-refractivity contribution >= 4 is 12.0 Å². The van der Waals surface area contributed by atoms with Crippen LogP contribution in [0.5, 0.6) is 0 Å². The molecule has 2 N–H and O–H groups in total. The molecular formula is C13H22N4O2. The smallest absolute Gasteiger partial charge is 0.337 e. The van der Waals surface area contributed by atoms with Crippen molar-refractivity contribution in [3.63, 3.8) is 0 Å². The minimum absolute atomic E-state index is 0.241. The van der Waals surface area contributed by atoms with E-state index in [4.69, 9.17) is 4.42 Å². The fourth-order valence-corrected chi connectivity index (χ4v) is 2.41. The Bertz CT molecular complexity index is 428. The van der Waals surface area contributed by atoms with E-state index in [0.29, 0.717) is 12.1 Å². The summed E-state index contributed by atoms with van der Waals surface area (Å²) in [6.07, 6.45) is 3.41. The molecule has 1 aromatic heterocycles. The minimum atomic E-state index is -0.304. The van der Waals surface area contributed by atoms with Gasteiger partial charge in [-0.15, -0.1) is 0 Å². The molecule has 2 heterocycles. The van der Waals surface area contributed by atoms with Crippen molar-refractivity contribution in [1.29, 1.82) is 0 Å². The minimum Gasteiger partial charge on any atom is -0.428 e. The van der Waals surface area contributed by atoms with Gasteiger partial charge in [0.2, 0.25) is 0 Å². The van der Waals surface area contributed by atoms with Crippen LogP contribution in [0.25, 0.3) is 0 Å². The lowest BCUT2D eigenvalue weighted by Gasteiger charge is -2.38. The molecule has 0 bridgehead atoms. The molecule has 19 heavy (non-hydrogen) atoms. The first kappa shape index (κ1) is 13.9. The van der Waals surface area contributed by atoms with Gasteiger partial charge in [-0.25, -0.2) is 9.80 Å². The first-order valence-corrected chi connectivity index (χ1v) is 6.77. The number of piperidine rings is 1. The molecule has 6 nitrogen and oxygen atoms in total. The van der Waals surface area contributed by atoms with Crippen LogP contribution in [0.3, 0.4) is 0 Å². The first-order valence-electron chi connectivity index (χ1n) is 6.77. The van der Waals surface area contributed by atoms with Crippen molar-refractivity contribution in [2.45, 2.75) is 59.0 Å². The van der Waals surface area contributed by atoms with Crippen LogP contribution in [0.1, 0.15) is 44.6 Å². The molecule has 0 saturated carbocycles. The Kier molecular flexibility index (Phi) is 4.09. The van der Waals surface area contributed by atoms with Gasteiger partial charge in [0.25, 0.3) is 0 Å². The molecule has 6 heteroatoms. The predicted molar refractivity (Wildman–Crippen MR) is 72.7 cm³/mol. The number of carbonyl (C=O) groups excluding carboxylic acids is 1. The fraction of sp³-hybridized carbons (Fsp3) is 0.692. The standard InChI is InChI=1S/C13H22N4O2/c1-8-6-5-7-9(2)17(8)16-12(18)15-13-14-10(3)11(4)19-13/h8-9H,5-7H2,1-4H3,(H2,14,15,16,18). The van der Waals surface area contributed by atoms with Crippen LogP contribution in [0.4, 0.5) is 10.8 Å². The quantitative estimate of drug-likeness (QED) is 0.863. The van der Waals surface area contributed by atoms with Gasteiger partial charge in [-0.1, -0.05) is 6.42 Å². The molecule has 1 aliphatic heterocycles. The lowest BCUT2D eigenvalue weighted by molar-refractivity contribution is 0.0624. The van der Waals surface area contributed by atoms with E-state index in [2.05, 4.69) is 29.6 Å². The van der Waals surface area contributed by atoms with E-state index in [9.17, 15) is 4.79 Å². The highest BCUT2D eigenvalue weighted by molar-refractivity contribution is 5.86. The van der Waals surface area contributed by atoms with E-state index in [1.54, 1.807) is 0 Å². The van der Waals surface area contributed by atoms with Gasteiger partial charge in [-0.05, 0) is 40.5 Å². The molecule has 0 radical (unpaired) electrons. The number of urea groups is 1. The Labute approximate surface area is 113 Å². The maximum atomic E-state index is 11.9. The number of nitrogens with one attached hydrogen (secondary N) is 2. The highest BCUT2D eigenvalue weighted by Gasteiger charge is 2.26. The summed E-state index contributed by atoms with van der Waals surface area (Å²) in [4.78, 5) is 16.1. The molecule has 2 rings (SSSR count). The topological polar surface area (TPSA) is 70.4 Å². The lowest BCUT2D eigenvalue weighted by Crippen LogP contribution is -2.55. The van der Waals surface area contributed by atoms with Crippen LogP contribution in [0.15, 0.2) is 4.42 Å². The van der Waals surface area contributed by atoms with Gasteiger partial charge < -0.3 is 4.42 Å². The van der Waals surface area contributed by atoms with Crippen LogP contribution < -0.4 is 10.7 Å². The first-order chi connectivity index (χ1) is 8.97. The number of aryl methyl sites for hydroxylation is 2. The Morgan fingerprint density at radius 3 is 2.47 bits per heavy atom. The van der Waals surface area contributed by atoms with Crippen molar-refractivity contribution in [2.24, 2.45) is 0 Å². The van der Waals surface area contributed by atoms with Crippen LogP contribution >= 0.6 is 0 Å². The van der Waals surface area contributed by atoms with Gasteiger partial charge in [-0.3, -0.25) is 10.7 Å². The second-order valence-electron chi connectivity index (χ2n) is 5.26. The van der Waals surface area contributed by atoms with E-state index in [1.165, 1.54) is 6.42 Å². The number of hydrogen-bond acceptors (Lipinski definition) is 4. The van der Waals surface area contributed by atoms with Crippen molar-refractivity contribution in [1.82, 2.24) is 15.4 Å². The van der Waals surface area contributed by atoms with Crippen molar-refractivity contribution in [3.8, 4) is 0 Å². The number of carbonyl (C=O) groups is 1. The summed E-state index contributed by atoms with van der Waals surface area (Å²) in [5.74, 6) is 0.718. The van der Waals surface area contributed by atoms with Crippen LogP contribution in [-0.4, -0.2) is 28.1 Å². The Morgan fingerprint density at radius 1 is 1.32 bits per heavy atom. The number of oxazole rings is 1. The third-order valence-electron chi connectivity index (χ3n) is 3.67. The third-order valence-corrected chi connectivity index (χ3v) is 3.67. The highest BCUT2D eigenvalue weighted by atomic mass is 16.4. The zero-order chi connectivity index (χ0) is 14.0. The number of amides is 2. The lowest BCUT2D eigenvalue weighted by atomic mass is 10.00. The number of nitrogens with zero attached hydrogens (tertiary/aromatic N) is 2. The summed E-state index contributed by atoms with van der Waals surface area (Å²) in [5, 5.41) is 4.62. The molecule has 1 aliphatic rings. The van der Waals surface area contributed by atoms with Gasteiger partial charge in [0.05, 0.1) is 5.69 Å². The molecule has 1 saturated heterocycles. The van der Waals surface area contributed by atoms with E-state index in [0.717, 1.165) is 24.3 Å². The van der Waals surface area contributed by atoms with Crippen molar-refractivity contribution in [2.75, 3.05) is 5.32 Å². The van der Waals surface area contributed by atoms with Crippen LogP contribution in [0, 0.1) is 13.8 Å². The molecule has 2 unspecified atom stereocenters. The number of rotatable bonds is 2. The fourth-order valence-electron chi connectivity index (χ4n) is 2.41. The van der Waals surface area contributed by atoms with Gasteiger partial charge in [0.15, 0.2) is 0 Å². The summed E-state index contributed by atoms with van der Waals surface area (Å²) in [7, 11) is 0. The van der Waals surface area contributed by atoms with Crippen molar-refractivity contribution in [3.05, 3.63) is 11.5 Å². The van der Waals surface area contributed by atoms with Gasteiger partial charge >= 0.3 is 12.0 Å². The molecule has 2 amide bonds. The van der Waals surface area contributed by atoms with E-state index in [-0.39, 0.29) is 12.0 Å². The predicted octanol–water partition coefficient (Wildman–Crippen LogP) is 2.59. The maximum Gasteiger partial charge on any atom is 0.337 e. The maximum absolute atomic E-state index is 11.9. The third kappa shape index (κ3) is 3.26. The Balaban J connectivity index is 1.93. The zero-order valence-corrected chi connectivity index (χ0v) is 12.0. The summed E-state index contributed by atoms with van der Waals surface area (Å²) >= 11 is 0. The van der Waals surface area contributed by atoms with Gasteiger partial charge in [0, 0.05) is 12.1 Å². The monoisotopic (exact) mass is 266 g/mol. The molecule has 2 atom stereocenters. The normalized spacial score (nSPS) is 24.2. The van der Waals surface area contributed by atoms with Crippen molar-refractivity contribution < 1.29 is 9.21 Å². The largest absolute Gasteiger partial charge is 0.428 e. The van der Waals surface area contributed by atoms with E-state index in [1.807, 2.05) is 18.9 Å². The Hall–Kier alpha value is -1.56. The molecule has 1 aromatic rings. The summed E-state index contributed by atoms with van der Waals surface area (Å²) < 4.78 is 5.33. The SMILES string of the molecule is Cc1nc(NC(=O)NN2C(C)CCCC2C)oc1C. The molecule has 106 valence electrons. The number of hydrogen-bond donors (Lipinski definition) is 2. The number of hydrazine groups is 1. The average Bonchev–Trinajstić information content (AvgIpc) is 2.63. The van der Waals surface area contributed by atoms with Crippen LogP contribution in [-0.2, 0) is 0 Å². The van der Waals surface area contributed by atoms with E-state index >= 15 is 0 Å². The summed E-state index contributed by atoms with van der Waals surface area (Å²) in [6, 6.07) is 0.636. The zero-order valence-electron chi connectivity index (χ0n) is 12.0. The molecule has 0 spiro atoms. The number of anilines is 1. The average molecular weight is 266 g/mol. The van der Waals surface area contributed by atoms with E-state index < -0.39 is 0 Å². The van der Waals surface area contributed by atoms with Gasteiger partial charge in [0.1, 0.15) is 5.76 Å². The summed E-state index contributed by atoms with van der Waals surface area (Å²) in [5.41, 5.74) is 3.67. The summed E-state index contributed by atoms with van der Waals surface area (Å²) in [6.45, 7) is 7.90. The Morgan fingerprint density at radius 2 is 1.95 bits per heavy atom. The molecule has 0 aliphatic carbocycles. The molecule has 0 aromatic carbocycles. The van der Waals surface area contributed by atoms with Gasteiger partial charge in [-0.2, -0.15) is 4.98 Å². The number of aromatic nitrogens is 1. The van der Waals surface area contributed by atoms with Crippen LogP contribution in [0.2, 0.25) is 0 Å².